The zero-order valence-corrected chi connectivity index (χ0v) is 13.4. The lowest BCUT2D eigenvalue weighted by Crippen LogP contribution is -2.43. The van der Waals surface area contributed by atoms with E-state index in [-0.39, 0.29) is 19.1 Å². The SMILES string of the molecule is CC(O)(CNC(=O)COCc1ccccc1)Cc1ccsc1. The van der Waals surface area contributed by atoms with E-state index in [1.807, 2.05) is 47.2 Å². The minimum absolute atomic E-state index is 0.0105. The molecule has 0 spiro atoms. The maximum atomic E-state index is 11.7. The van der Waals surface area contributed by atoms with Gasteiger partial charge in [-0.1, -0.05) is 30.3 Å². The lowest BCUT2D eigenvalue weighted by molar-refractivity contribution is -0.127. The smallest absolute Gasteiger partial charge is 0.246 e. The number of carbonyl (C=O) groups is 1. The highest BCUT2D eigenvalue weighted by Gasteiger charge is 2.22. The van der Waals surface area contributed by atoms with Gasteiger partial charge in [0.15, 0.2) is 0 Å². The van der Waals surface area contributed by atoms with Gasteiger partial charge in [-0.15, -0.1) is 0 Å². The van der Waals surface area contributed by atoms with Crippen LogP contribution in [0.25, 0.3) is 0 Å². The van der Waals surface area contributed by atoms with Crippen LogP contribution < -0.4 is 5.32 Å². The van der Waals surface area contributed by atoms with Crippen molar-refractivity contribution in [2.45, 2.75) is 25.6 Å². The van der Waals surface area contributed by atoms with Gasteiger partial charge in [0.1, 0.15) is 6.61 Å². The number of ether oxygens (including phenoxy) is 1. The molecule has 1 aromatic carbocycles. The molecular formula is C17H21NO3S. The Labute approximate surface area is 134 Å². The summed E-state index contributed by atoms with van der Waals surface area (Å²) in [5.41, 5.74) is 1.14. The van der Waals surface area contributed by atoms with Crippen LogP contribution in [0, 0.1) is 0 Å². The van der Waals surface area contributed by atoms with Gasteiger partial charge < -0.3 is 15.2 Å². The van der Waals surface area contributed by atoms with Crippen LogP contribution in [-0.4, -0.2) is 29.8 Å². The standard InChI is InChI=1S/C17H21NO3S/c1-17(20,9-15-7-8-22-12-15)13-18-16(19)11-21-10-14-5-3-2-4-6-14/h2-8,12,20H,9-11,13H2,1H3,(H,18,19). The normalized spacial score (nSPS) is 13.5. The second kappa shape index (κ2) is 8.08. The summed E-state index contributed by atoms with van der Waals surface area (Å²) in [6.45, 7) is 2.31. The Morgan fingerprint density at radius 3 is 2.73 bits per heavy atom. The van der Waals surface area contributed by atoms with Gasteiger partial charge in [-0.05, 0) is 34.9 Å². The molecule has 22 heavy (non-hydrogen) atoms. The summed E-state index contributed by atoms with van der Waals surface area (Å²) in [6, 6.07) is 11.7. The number of rotatable bonds is 8. The predicted molar refractivity (Wildman–Crippen MR) is 87.8 cm³/mol. The molecule has 0 bridgehead atoms. The number of hydrogen-bond acceptors (Lipinski definition) is 4. The van der Waals surface area contributed by atoms with Crippen LogP contribution in [0.3, 0.4) is 0 Å². The molecule has 5 heteroatoms. The van der Waals surface area contributed by atoms with E-state index in [1.165, 1.54) is 0 Å². The molecule has 1 atom stereocenters. The zero-order chi connectivity index (χ0) is 15.8. The number of nitrogens with one attached hydrogen (secondary N) is 1. The van der Waals surface area contributed by atoms with Gasteiger partial charge in [-0.25, -0.2) is 0 Å². The molecular weight excluding hydrogens is 298 g/mol. The first kappa shape index (κ1) is 16.7. The number of thiophene rings is 1. The lowest BCUT2D eigenvalue weighted by Gasteiger charge is -2.23. The summed E-state index contributed by atoms with van der Waals surface area (Å²) in [4.78, 5) is 11.7. The van der Waals surface area contributed by atoms with Crippen molar-refractivity contribution >= 4 is 17.2 Å². The second-order valence-electron chi connectivity index (χ2n) is 5.56. The van der Waals surface area contributed by atoms with Gasteiger partial charge >= 0.3 is 0 Å². The number of hydrogen-bond donors (Lipinski definition) is 2. The van der Waals surface area contributed by atoms with Gasteiger partial charge in [0.25, 0.3) is 0 Å². The van der Waals surface area contributed by atoms with Crippen molar-refractivity contribution in [1.29, 1.82) is 0 Å². The highest BCUT2D eigenvalue weighted by atomic mass is 32.1. The highest BCUT2D eigenvalue weighted by molar-refractivity contribution is 7.07. The fourth-order valence-corrected chi connectivity index (χ4v) is 2.74. The van der Waals surface area contributed by atoms with E-state index in [0.717, 1.165) is 11.1 Å². The van der Waals surface area contributed by atoms with E-state index in [1.54, 1.807) is 18.3 Å². The van der Waals surface area contributed by atoms with Gasteiger partial charge in [-0.3, -0.25) is 4.79 Å². The molecule has 0 aliphatic rings. The Balaban J connectivity index is 1.66. The molecule has 4 nitrogen and oxygen atoms in total. The van der Waals surface area contributed by atoms with Crippen LogP contribution in [-0.2, 0) is 22.6 Å². The largest absolute Gasteiger partial charge is 0.388 e. The molecule has 118 valence electrons. The predicted octanol–water partition coefficient (Wildman–Crippen LogP) is 2.37. The van der Waals surface area contributed by atoms with Gasteiger partial charge in [-0.2, -0.15) is 11.3 Å². The van der Waals surface area contributed by atoms with Crippen LogP contribution in [0.15, 0.2) is 47.2 Å². The zero-order valence-electron chi connectivity index (χ0n) is 12.6. The first-order valence-electron chi connectivity index (χ1n) is 7.17. The molecule has 1 heterocycles. The molecule has 1 unspecified atom stereocenters. The van der Waals surface area contributed by atoms with Crippen LogP contribution in [0.4, 0.5) is 0 Å². The number of amides is 1. The minimum Gasteiger partial charge on any atom is -0.388 e. The molecule has 1 aromatic heterocycles. The molecule has 1 amide bonds. The fourth-order valence-electron chi connectivity index (χ4n) is 2.07. The van der Waals surface area contributed by atoms with Crippen molar-refractivity contribution < 1.29 is 14.6 Å². The molecule has 0 aliphatic carbocycles. The van der Waals surface area contributed by atoms with Crippen molar-refractivity contribution in [3.8, 4) is 0 Å². The quantitative estimate of drug-likeness (QED) is 0.785. The molecule has 0 fully saturated rings. The van der Waals surface area contributed by atoms with E-state index in [9.17, 15) is 9.90 Å². The highest BCUT2D eigenvalue weighted by Crippen LogP contribution is 2.15. The van der Waals surface area contributed by atoms with Crippen molar-refractivity contribution in [2.24, 2.45) is 0 Å². The maximum Gasteiger partial charge on any atom is 0.246 e. The third kappa shape index (κ3) is 5.97. The average Bonchev–Trinajstić information content (AvgIpc) is 2.99. The third-order valence-corrected chi connectivity index (χ3v) is 3.91. The molecule has 2 aromatic rings. The summed E-state index contributed by atoms with van der Waals surface area (Å²) in [5, 5.41) is 17.0. The average molecular weight is 319 g/mol. The second-order valence-corrected chi connectivity index (χ2v) is 6.34. The van der Waals surface area contributed by atoms with E-state index in [4.69, 9.17) is 4.74 Å². The first-order chi connectivity index (χ1) is 10.6. The number of carbonyl (C=O) groups excluding carboxylic acids is 1. The van der Waals surface area contributed by atoms with Crippen molar-refractivity contribution in [3.05, 3.63) is 58.3 Å². The van der Waals surface area contributed by atoms with Crippen molar-refractivity contribution in [2.75, 3.05) is 13.2 Å². The van der Waals surface area contributed by atoms with E-state index < -0.39 is 5.60 Å². The lowest BCUT2D eigenvalue weighted by atomic mass is 9.98. The number of benzene rings is 1. The molecule has 2 rings (SSSR count). The molecule has 0 radical (unpaired) electrons. The summed E-state index contributed by atoms with van der Waals surface area (Å²) >= 11 is 1.60. The maximum absolute atomic E-state index is 11.7. The fraction of sp³-hybridized carbons (Fsp3) is 0.353. The van der Waals surface area contributed by atoms with Gasteiger partial charge in [0.05, 0.1) is 12.2 Å². The Morgan fingerprint density at radius 1 is 1.27 bits per heavy atom. The van der Waals surface area contributed by atoms with Crippen LogP contribution in [0.5, 0.6) is 0 Å². The van der Waals surface area contributed by atoms with Crippen molar-refractivity contribution in [1.82, 2.24) is 5.32 Å². The molecule has 0 saturated heterocycles. The summed E-state index contributed by atoms with van der Waals surface area (Å²) < 4.78 is 5.36. The third-order valence-electron chi connectivity index (χ3n) is 3.18. The molecule has 0 saturated carbocycles. The minimum atomic E-state index is -0.962. The summed E-state index contributed by atoms with van der Waals surface area (Å²) in [5.74, 6) is -0.221. The monoisotopic (exact) mass is 319 g/mol. The van der Waals surface area contributed by atoms with E-state index in [2.05, 4.69) is 5.32 Å². The topological polar surface area (TPSA) is 58.6 Å². The van der Waals surface area contributed by atoms with E-state index >= 15 is 0 Å². The van der Waals surface area contributed by atoms with Crippen molar-refractivity contribution in [3.63, 3.8) is 0 Å². The summed E-state index contributed by atoms with van der Waals surface area (Å²) in [7, 11) is 0. The number of aliphatic hydroxyl groups is 1. The Bertz CT molecular complexity index is 567. The van der Waals surface area contributed by atoms with E-state index in [0.29, 0.717) is 13.0 Å². The van der Waals surface area contributed by atoms with Gasteiger partial charge in [0, 0.05) is 13.0 Å². The first-order valence-corrected chi connectivity index (χ1v) is 8.11. The Morgan fingerprint density at radius 2 is 2.05 bits per heavy atom. The Hall–Kier alpha value is -1.69. The molecule has 2 N–H and O–H groups in total. The van der Waals surface area contributed by atoms with Crippen LogP contribution in [0.2, 0.25) is 0 Å². The summed E-state index contributed by atoms with van der Waals surface area (Å²) in [6.07, 6.45) is 0.516. The molecule has 0 aliphatic heterocycles. The van der Waals surface area contributed by atoms with Crippen LogP contribution in [0.1, 0.15) is 18.1 Å². The van der Waals surface area contributed by atoms with Gasteiger partial charge in [0.2, 0.25) is 5.91 Å². The Kier molecular flexibility index (Phi) is 6.12. The van der Waals surface area contributed by atoms with Crippen LogP contribution >= 0.6 is 11.3 Å².